The van der Waals surface area contributed by atoms with Crippen molar-refractivity contribution in [1.29, 1.82) is 0 Å². The zero-order valence-electron chi connectivity index (χ0n) is 15.0. The maximum atomic E-state index is 6.20. The molecule has 1 fully saturated rings. The van der Waals surface area contributed by atoms with Gasteiger partial charge in [0.15, 0.2) is 5.96 Å². The number of nitrogens with zero attached hydrogens (tertiary/aromatic N) is 6. The highest BCUT2D eigenvalue weighted by atomic mass is 16.5. The van der Waals surface area contributed by atoms with Crippen LogP contribution in [0.2, 0.25) is 0 Å². The molecule has 0 aliphatic carbocycles. The Kier molecular flexibility index (Phi) is 5.16. The van der Waals surface area contributed by atoms with Gasteiger partial charge in [-0.15, -0.1) is 0 Å². The predicted molar refractivity (Wildman–Crippen MR) is 96.7 cm³/mol. The van der Waals surface area contributed by atoms with Gasteiger partial charge >= 0.3 is 0 Å². The van der Waals surface area contributed by atoms with E-state index in [4.69, 9.17) is 10.3 Å². The number of aliphatic imine (C=N–C) groups is 1. The molecule has 25 heavy (non-hydrogen) atoms. The van der Waals surface area contributed by atoms with Gasteiger partial charge in [0.25, 0.3) is 0 Å². The monoisotopic (exact) mass is 343 g/mol. The fraction of sp³-hybridized carbons (Fsp3) is 0.529. The molecular formula is C17H25N7O. The zero-order valence-corrected chi connectivity index (χ0v) is 15.0. The third-order valence-electron chi connectivity index (χ3n) is 4.55. The van der Waals surface area contributed by atoms with Crippen molar-refractivity contribution in [3.8, 4) is 0 Å². The van der Waals surface area contributed by atoms with E-state index in [-0.39, 0.29) is 5.92 Å². The summed E-state index contributed by atoms with van der Waals surface area (Å²) >= 11 is 0. The molecule has 1 aliphatic rings. The van der Waals surface area contributed by atoms with Gasteiger partial charge < -0.3 is 20.1 Å². The Morgan fingerprint density at radius 3 is 2.52 bits per heavy atom. The van der Waals surface area contributed by atoms with Gasteiger partial charge in [0.2, 0.25) is 5.95 Å². The van der Waals surface area contributed by atoms with Gasteiger partial charge in [-0.05, 0) is 19.9 Å². The second-order valence-electron chi connectivity index (χ2n) is 6.36. The third kappa shape index (κ3) is 3.89. The van der Waals surface area contributed by atoms with Crippen LogP contribution in [0.15, 0.2) is 28.0 Å². The molecule has 3 heterocycles. The topological polar surface area (TPSA) is 96.7 Å². The van der Waals surface area contributed by atoms with Gasteiger partial charge in [0, 0.05) is 56.6 Å². The van der Waals surface area contributed by atoms with E-state index >= 15 is 0 Å². The molecular weight excluding hydrogens is 318 g/mol. The average molecular weight is 343 g/mol. The van der Waals surface area contributed by atoms with Gasteiger partial charge in [-0.1, -0.05) is 12.1 Å². The lowest BCUT2D eigenvalue weighted by Crippen LogP contribution is -2.51. The summed E-state index contributed by atoms with van der Waals surface area (Å²) in [6.07, 6.45) is 3.53. The highest BCUT2D eigenvalue weighted by Crippen LogP contribution is 2.23. The number of hydrogen-bond acceptors (Lipinski definition) is 6. The molecule has 2 aromatic rings. The zero-order chi connectivity index (χ0) is 17.8. The second-order valence-corrected chi connectivity index (χ2v) is 6.36. The van der Waals surface area contributed by atoms with Crippen molar-refractivity contribution < 1.29 is 4.52 Å². The molecule has 134 valence electrons. The van der Waals surface area contributed by atoms with Gasteiger partial charge in [-0.2, -0.15) is 0 Å². The molecule has 0 aromatic carbocycles. The van der Waals surface area contributed by atoms with E-state index in [0.717, 1.165) is 49.1 Å². The van der Waals surface area contributed by atoms with Gasteiger partial charge in [-0.3, -0.25) is 4.99 Å². The average Bonchev–Trinajstić information content (AvgIpc) is 2.99. The van der Waals surface area contributed by atoms with Crippen molar-refractivity contribution in [3.63, 3.8) is 0 Å². The molecule has 1 atom stereocenters. The highest BCUT2D eigenvalue weighted by molar-refractivity contribution is 5.78. The number of anilines is 1. The maximum Gasteiger partial charge on any atom is 0.225 e. The van der Waals surface area contributed by atoms with E-state index in [9.17, 15) is 0 Å². The Morgan fingerprint density at radius 2 is 1.92 bits per heavy atom. The fourth-order valence-electron chi connectivity index (χ4n) is 3.21. The normalized spacial score (nSPS) is 17.0. The molecule has 1 aliphatic heterocycles. The van der Waals surface area contributed by atoms with Crippen molar-refractivity contribution in [2.75, 3.05) is 37.6 Å². The van der Waals surface area contributed by atoms with E-state index in [0.29, 0.717) is 12.5 Å². The second kappa shape index (κ2) is 7.50. The van der Waals surface area contributed by atoms with Crippen LogP contribution in [-0.2, 0) is 0 Å². The fourth-order valence-corrected chi connectivity index (χ4v) is 3.21. The Hall–Kier alpha value is -2.64. The number of rotatable bonds is 4. The first-order valence-corrected chi connectivity index (χ1v) is 8.56. The van der Waals surface area contributed by atoms with Crippen molar-refractivity contribution in [1.82, 2.24) is 20.0 Å². The summed E-state index contributed by atoms with van der Waals surface area (Å²) in [7, 11) is 0. The maximum absolute atomic E-state index is 6.20. The first-order chi connectivity index (χ1) is 12.1. The minimum atomic E-state index is 0.226. The molecule has 8 nitrogen and oxygen atoms in total. The Balaban J connectivity index is 1.55. The predicted octanol–water partition coefficient (Wildman–Crippen LogP) is 1.32. The van der Waals surface area contributed by atoms with Gasteiger partial charge in [-0.25, -0.2) is 9.97 Å². The summed E-state index contributed by atoms with van der Waals surface area (Å²) in [6, 6.07) is 1.82. The van der Waals surface area contributed by atoms with Crippen LogP contribution in [0.1, 0.15) is 29.9 Å². The van der Waals surface area contributed by atoms with Crippen LogP contribution in [0.25, 0.3) is 0 Å². The first kappa shape index (κ1) is 17.2. The summed E-state index contributed by atoms with van der Waals surface area (Å²) in [5.41, 5.74) is 8.25. The van der Waals surface area contributed by atoms with Crippen LogP contribution in [0.5, 0.6) is 0 Å². The van der Waals surface area contributed by atoms with E-state index in [1.54, 1.807) is 12.4 Å². The number of hydrogen-bond donors (Lipinski definition) is 1. The molecule has 0 radical (unpaired) electrons. The largest absolute Gasteiger partial charge is 0.370 e. The van der Waals surface area contributed by atoms with Crippen molar-refractivity contribution >= 4 is 11.9 Å². The minimum Gasteiger partial charge on any atom is -0.370 e. The van der Waals surface area contributed by atoms with Gasteiger partial charge in [0.05, 0.1) is 5.69 Å². The van der Waals surface area contributed by atoms with E-state index < -0.39 is 0 Å². The van der Waals surface area contributed by atoms with Crippen LogP contribution in [0.4, 0.5) is 5.95 Å². The molecule has 1 saturated heterocycles. The molecule has 0 saturated carbocycles. The Bertz CT molecular complexity index is 700. The van der Waals surface area contributed by atoms with E-state index in [1.165, 1.54) is 0 Å². The number of piperazine rings is 1. The summed E-state index contributed by atoms with van der Waals surface area (Å²) < 4.78 is 5.24. The van der Waals surface area contributed by atoms with Crippen LogP contribution in [0, 0.1) is 13.8 Å². The molecule has 0 bridgehead atoms. The lowest BCUT2D eigenvalue weighted by Gasteiger charge is -2.35. The Labute approximate surface area is 147 Å². The summed E-state index contributed by atoms with van der Waals surface area (Å²) in [6.45, 7) is 9.93. The van der Waals surface area contributed by atoms with Crippen molar-refractivity contribution in [2.24, 2.45) is 10.7 Å². The SMILES string of the molecule is Cc1noc(C)c1C(C)CN=C(N)N1CCN(c2ncccn2)CC1. The van der Waals surface area contributed by atoms with Crippen LogP contribution in [-0.4, -0.2) is 58.7 Å². The highest BCUT2D eigenvalue weighted by Gasteiger charge is 2.21. The quantitative estimate of drug-likeness (QED) is 0.660. The van der Waals surface area contributed by atoms with Crippen LogP contribution >= 0.6 is 0 Å². The molecule has 8 heteroatoms. The smallest absolute Gasteiger partial charge is 0.225 e. The Morgan fingerprint density at radius 1 is 1.24 bits per heavy atom. The van der Waals surface area contributed by atoms with E-state index in [2.05, 4.69) is 36.8 Å². The molecule has 1 unspecified atom stereocenters. The lowest BCUT2D eigenvalue weighted by atomic mass is 10.00. The third-order valence-corrected chi connectivity index (χ3v) is 4.55. The summed E-state index contributed by atoms with van der Waals surface area (Å²) in [5.74, 6) is 2.44. The number of aromatic nitrogens is 3. The van der Waals surface area contributed by atoms with E-state index in [1.807, 2.05) is 19.9 Å². The molecule has 2 N–H and O–H groups in total. The number of aryl methyl sites for hydroxylation is 2. The van der Waals surface area contributed by atoms with Crippen molar-refractivity contribution in [2.45, 2.75) is 26.7 Å². The van der Waals surface area contributed by atoms with Gasteiger partial charge in [0.1, 0.15) is 5.76 Å². The molecule has 0 spiro atoms. The van der Waals surface area contributed by atoms with Crippen LogP contribution < -0.4 is 10.6 Å². The number of guanidine groups is 1. The first-order valence-electron chi connectivity index (χ1n) is 8.56. The molecule has 2 aromatic heterocycles. The summed E-state index contributed by atoms with van der Waals surface area (Å²) in [5, 5.41) is 4.01. The standard InChI is InChI=1S/C17H25N7O/c1-12(15-13(2)22-25-14(15)3)11-21-16(18)23-7-9-24(10-8-23)17-19-5-4-6-20-17/h4-6,12H,7-11H2,1-3H3,(H2,18,21). The molecule has 0 amide bonds. The molecule has 3 rings (SSSR count). The van der Waals surface area contributed by atoms with Crippen LogP contribution in [0.3, 0.4) is 0 Å². The summed E-state index contributed by atoms with van der Waals surface area (Å²) in [4.78, 5) is 17.5. The van der Waals surface area contributed by atoms with Crippen molar-refractivity contribution in [3.05, 3.63) is 35.5 Å². The number of nitrogens with two attached hydrogens (primary N) is 1. The lowest BCUT2D eigenvalue weighted by molar-refractivity contribution is 0.377. The minimum absolute atomic E-state index is 0.226.